The Balaban J connectivity index is 1.71. The number of nitrogens with zero attached hydrogens (tertiary/aromatic N) is 2. The van der Waals surface area contributed by atoms with Crippen LogP contribution in [-0.4, -0.2) is 81.0 Å². The van der Waals surface area contributed by atoms with E-state index in [4.69, 9.17) is 9.47 Å². The zero-order chi connectivity index (χ0) is 17.6. The molecule has 0 amide bonds. The molecule has 1 aromatic rings. The average molecular weight is 358 g/mol. The molecule has 1 N–H and O–H groups in total. The van der Waals surface area contributed by atoms with Gasteiger partial charge in [0.15, 0.2) is 0 Å². The molecule has 8 heteroatoms. The van der Waals surface area contributed by atoms with Crippen molar-refractivity contribution in [2.75, 3.05) is 52.2 Å². The monoisotopic (exact) mass is 358 g/mol. The number of aliphatic hydroxyl groups excluding tert-OH is 1. The number of rotatable bonds is 8. The van der Waals surface area contributed by atoms with Crippen molar-refractivity contribution in [3.05, 3.63) is 24.3 Å². The Morgan fingerprint density at radius 1 is 1.08 bits per heavy atom. The van der Waals surface area contributed by atoms with E-state index in [1.165, 1.54) is 10.6 Å². The van der Waals surface area contributed by atoms with Crippen LogP contribution in [0.25, 0.3) is 0 Å². The fourth-order valence-electron chi connectivity index (χ4n) is 2.59. The van der Waals surface area contributed by atoms with Crippen molar-refractivity contribution in [2.24, 2.45) is 0 Å². The second-order valence-corrected chi connectivity index (χ2v) is 7.81. The molecule has 2 rings (SSSR count). The standard InChI is InChI=1S/C16H26N2O5S/c1-3-22-15-4-6-16(7-5-15)23-13-14(19)12-17-8-10-18(11-9-17)24(2,20)21/h4-7,14,19H,3,8-13H2,1-2H3/t14-/m0/s1. The molecule has 1 aliphatic rings. The van der Waals surface area contributed by atoms with Crippen molar-refractivity contribution in [2.45, 2.75) is 13.0 Å². The van der Waals surface area contributed by atoms with Crippen molar-refractivity contribution >= 4 is 10.0 Å². The van der Waals surface area contributed by atoms with Crippen LogP contribution in [0.15, 0.2) is 24.3 Å². The number of β-amino-alcohol motifs (C(OH)–C–C–N with tert-alkyl or cyclic N) is 1. The number of ether oxygens (including phenoxy) is 2. The third-order valence-electron chi connectivity index (χ3n) is 3.85. The predicted octanol–water partition coefficient (Wildman–Crippen LogP) is 0.402. The van der Waals surface area contributed by atoms with E-state index in [9.17, 15) is 13.5 Å². The maximum atomic E-state index is 11.5. The number of hydrogen-bond donors (Lipinski definition) is 1. The lowest BCUT2D eigenvalue weighted by molar-refractivity contribution is 0.0569. The first-order valence-corrected chi connectivity index (χ1v) is 9.94. The molecule has 24 heavy (non-hydrogen) atoms. The third-order valence-corrected chi connectivity index (χ3v) is 5.15. The minimum atomic E-state index is -3.12. The zero-order valence-corrected chi connectivity index (χ0v) is 15.0. The van der Waals surface area contributed by atoms with Gasteiger partial charge < -0.3 is 14.6 Å². The molecule has 1 atom stereocenters. The summed E-state index contributed by atoms with van der Waals surface area (Å²) < 4.78 is 35.3. The summed E-state index contributed by atoms with van der Waals surface area (Å²) in [5, 5.41) is 10.1. The minimum Gasteiger partial charge on any atom is -0.494 e. The van der Waals surface area contributed by atoms with Crippen LogP contribution in [0.3, 0.4) is 0 Å². The molecule has 0 aromatic heterocycles. The van der Waals surface area contributed by atoms with Crippen LogP contribution < -0.4 is 9.47 Å². The molecule has 0 radical (unpaired) electrons. The Bertz CT molecular complexity index is 597. The maximum Gasteiger partial charge on any atom is 0.211 e. The maximum absolute atomic E-state index is 11.5. The largest absolute Gasteiger partial charge is 0.494 e. The topological polar surface area (TPSA) is 79.3 Å². The van der Waals surface area contributed by atoms with E-state index in [1.807, 2.05) is 36.1 Å². The zero-order valence-electron chi connectivity index (χ0n) is 14.2. The summed E-state index contributed by atoms with van der Waals surface area (Å²) in [6.07, 6.45) is 0.601. The lowest BCUT2D eigenvalue weighted by Crippen LogP contribution is -2.50. The van der Waals surface area contributed by atoms with E-state index in [0.717, 1.165) is 5.75 Å². The SMILES string of the molecule is CCOc1ccc(OC[C@@H](O)CN2CCN(S(C)(=O)=O)CC2)cc1. The van der Waals surface area contributed by atoms with Gasteiger partial charge >= 0.3 is 0 Å². The van der Waals surface area contributed by atoms with Crippen LogP contribution >= 0.6 is 0 Å². The Kier molecular flexibility index (Phi) is 6.85. The van der Waals surface area contributed by atoms with E-state index in [1.54, 1.807) is 0 Å². The Morgan fingerprint density at radius 2 is 1.62 bits per heavy atom. The van der Waals surface area contributed by atoms with Crippen LogP contribution in [-0.2, 0) is 10.0 Å². The first-order chi connectivity index (χ1) is 11.4. The van der Waals surface area contributed by atoms with Gasteiger partial charge in [0, 0.05) is 32.7 Å². The molecular weight excluding hydrogens is 332 g/mol. The van der Waals surface area contributed by atoms with Gasteiger partial charge in [0.05, 0.1) is 12.9 Å². The fraction of sp³-hybridized carbons (Fsp3) is 0.625. The first-order valence-electron chi connectivity index (χ1n) is 8.09. The van der Waals surface area contributed by atoms with Crippen molar-refractivity contribution < 1.29 is 23.0 Å². The van der Waals surface area contributed by atoms with E-state index < -0.39 is 16.1 Å². The molecule has 1 fully saturated rings. The second kappa shape index (κ2) is 8.66. The fourth-order valence-corrected chi connectivity index (χ4v) is 3.41. The van der Waals surface area contributed by atoms with Gasteiger partial charge in [-0.05, 0) is 31.2 Å². The number of hydrogen-bond acceptors (Lipinski definition) is 6. The van der Waals surface area contributed by atoms with Crippen LogP contribution in [0.1, 0.15) is 6.92 Å². The normalized spacial score (nSPS) is 18.3. The van der Waals surface area contributed by atoms with Crippen molar-refractivity contribution in [3.8, 4) is 11.5 Å². The molecule has 0 saturated carbocycles. The molecule has 0 spiro atoms. The molecular formula is C16H26N2O5S. The predicted molar refractivity (Wildman–Crippen MR) is 92.0 cm³/mol. The lowest BCUT2D eigenvalue weighted by Gasteiger charge is -2.34. The van der Waals surface area contributed by atoms with Crippen LogP contribution in [0.4, 0.5) is 0 Å². The van der Waals surface area contributed by atoms with Crippen molar-refractivity contribution in [1.82, 2.24) is 9.21 Å². The van der Waals surface area contributed by atoms with Crippen LogP contribution in [0.2, 0.25) is 0 Å². The summed E-state index contributed by atoms with van der Waals surface area (Å²) in [6.45, 7) is 5.37. The number of benzene rings is 1. The highest BCUT2D eigenvalue weighted by Crippen LogP contribution is 2.17. The van der Waals surface area contributed by atoms with Gasteiger partial charge in [-0.3, -0.25) is 4.90 Å². The summed E-state index contributed by atoms with van der Waals surface area (Å²) >= 11 is 0. The summed E-state index contributed by atoms with van der Waals surface area (Å²) in [5.74, 6) is 1.47. The molecule has 1 aliphatic heterocycles. The third kappa shape index (κ3) is 5.94. The van der Waals surface area contributed by atoms with Gasteiger partial charge in [-0.2, -0.15) is 4.31 Å². The molecule has 1 saturated heterocycles. The minimum absolute atomic E-state index is 0.195. The van der Waals surface area contributed by atoms with Gasteiger partial charge in [-0.25, -0.2) is 8.42 Å². The summed E-state index contributed by atoms with van der Waals surface area (Å²) in [5.41, 5.74) is 0. The summed E-state index contributed by atoms with van der Waals surface area (Å²) in [4.78, 5) is 2.05. The molecule has 0 bridgehead atoms. The lowest BCUT2D eigenvalue weighted by atomic mass is 10.3. The number of piperazine rings is 1. The van der Waals surface area contributed by atoms with Gasteiger partial charge in [0.2, 0.25) is 10.0 Å². The van der Waals surface area contributed by atoms with Crippen molar-refractivity contribution in [3.63, 3.8) is 0 Å². The first kappa shape index (κ1) is 19.0. The van der Waals surface area contributed by atoms with Gasteiger partial charge in [-0.15, -0.1) is 0 Å². The molecule has 0 unspecified atom stereocenters. The highest BCUT2D eigenvalue weighted by atomic mass is 32.2. The quantitative estimate of drug-likeness (QED) is 0.725. The van der Waals surface area contributed by atoms with E-state index in [0.29, 0.717) is 45.1 Å². The Labute approximate surface area is 143 Å². The van der Waals surface area contributed by atoms with E-state index in [2.05, 4.69) is 0 Å². The smallest absolute Gasteiger partial charge is 0.211 e. The average Bonchev–Trinajstić information content (AvgIpc) is 2.54. The van der Waals surface area contributed by atoms with Gasteiger partial charge in [-0.1, -0.05) is 0 Å². The molecule has 1 aromatic carbocycles. The number of aliphatic hydroxyl groups is 1. The molecule has 7 nitrogen and oxygen atoms in total. The summed E-state index contributed by atoms with van der Waals surface area (Å²) in [6, 6.07) is 7.27. The van der Waals surface area contributed by atoms with Crippen LogP contribution in [0.5, 0.6) is 11.5 Å². The highest BCUT2D eigenvalue weighted by Gasteiger charge is 2.24. The Hall–Kier alpha value is -1.35. The second-order valence-electron chi connectivity index (χ2n) is 5.83. The van der Waals surface area contributed by atoms with E-state index >= 15 is 0 Å². The van der Waals surface area contributed by atoms with E-state index in [-0.39, 0.29) is 6.61 Å². The summed E-state index contributed by atoms with van der Waals surface area (Å²) in [7, 11) is -3.12. The number of sulfonamides is 1. The van der Waals surface area contributed by atoms with Crippen molar-refractivity contribution in [1.29, 1.82) is 0 Å². The van der Waals surface area contributed by atoms with Gasteiger partial charge in [0.1, 0.15) is 24.2 Å². The Morgan fingerprint density at radius 3 is 2.12 bits per heavy atom. The molecule has 0 aliphatic carbocycles. The molecule has 1 heterocycles. The molecule has 136 valence electrons. The van der Waals surface area contributed by atoms with Gasteiger partial charge in [0.25, 0.3) is 0 Å². The highest BCUT2D eigenvalue weighted by molar-refractivity contribution is 7.88. The van der Waals surface area contributed by atoms with Crippen LogP contribution in [0, 0.1) is 0 Å².